The van der Waals surface area contributed by atoms with Gasteiger partial charge in [-0.05, 0) is 49.7 Å². The van der Waals surface area contributed by atoms with Gasteiger partial charge in [0.05, 0.1) is 16.3 Å². The maximum atomic E-state index is 12.9. The molecule has 0 bridgehead atoms. The Morgan fingerprint density at radius 2 is 1.85 bits per heavy atom. The summed E-state index contributed by atoms with van der Waals surface area (Å²) in [6.07, 6.45) is 0.673. The third kappa shape index (κ3) is 4.01. The van der Waals surface area contributed by atoms with E-state index in [0.29, 0.717) is 23.4 Å². The molecule has 1 aliphatic heterocycles. The van der Waals surface area contributed by atoms with Crippen molar-refractivity contribution in [3.8, 4) is 0 Å². The van der Waals surface area contributed by atoms with E-state index in [1.165, 1.54) is 29.2 Å². The number of amides is 2. The Morgan fingerprint density at radius 1 is 1.19 bits per heavy atom. The first-order valence-corrected chi connectivity index (χ1v) is 10.1. The van der Waals surface area contributed by atoms with Crippen molar-refractivity contribution in [3.05, 3.63) is 54.1 Å². The molecule has 2 aromatic rings. The molecule has 1 aliphatic rings. The number of fused-ring (bicyclic) bond motifs is 1. The van der Waals surface area contributed by atoms with Crippen molar-refractivity contribution >= 4 is 33.2 Å². The highest BCUT2D eigenvalue weighted by atomic mass is 32.2. The predicted octanol–water partition coefficient (Wildman–Crippen LogP) is 2.36. The molecule has 142 valence electrons. The first-order chi connectivity index (χ1) is 12.8. The number of hydrogen-bond donors (Lipinski definition) is 2. The molecular weight excluding hydrogens is 366 g/mol. The normalized spacial score (nSPS) is 15.0. The lowest BCUT2D eigenvalue weighted by atomic mass is 10.1. The highest BCUT2D eigenvalue weighted by Gasteiger charge is 2.27. The summed E-state index contributed by atoms with van der Waals surface area (Å²) >= 11 is 0. The third-order valence-corrected chi connectivity index (χ3v) is 6.00. The maximum Gasteiger partial charge on any atom is 0.258 e. The molecule has 0 aliphatic carbocycles. The van der Waals surface area contributed by atoms with E-state index < -0.39 is 10.0 Å². The molecule has 2 aromatic carbocycles. The molecule has 8 heteroatoms. The van der Waals surface area contributed by atoms with Crippen molar-refractivity contribution in [1.29, 1.82) is 0 Å². The molecule has 27 heavy (non-hydrogen) atoms. The number of benzene rings is 2. The van der Waals surface area contributed by atoms with Crippen molar-refractivity contribution in [1.82, 2.24) is 4.72 Å². The van der Waals surface area contributed by atoms with E-state index >= 15 is 0 Å². The predicted molar refractivity (Wildman–Crippen MR) is 103 cm³/mol. The fourth-order valence-electron chi connectivity index (χ4n) is 2.76. The first kappa shape index (κ1) is 19.1. The Balaban J connectivity index is 1.86. The molecule has 3 rings (SSSR count). The molecule has 1 unspecified atom stereocenters. The van der Waals surface area contributed by atoms with Crippen LogP contribution >= 0.6 is 0 Å². The lowest BCUT2D eigenvalue weighted by Gasteiger charge is -2.29. The van der Waals surface area contributed by atoms with Gasteiger partial charge in [0, 0.05) is 11.6 Å². The Morgan fingerprint density at radius 3 is 2.52 bits per heavy atom. The number of carbonyl (C=O) groups is 2. The van der Waals surface area contributed by atoms with Crippen LogP contribution in [0.2, 0.25) is 0 Å². The van der Waals surface area contributed by atoms with Gasteiger partial charge in [0.2, 0.25) is 15.9 Å². The molecule has 0 spiro atoms. The summed E-state index contributed by atoms with van der Waals surface area (Å²) < 4.78 is 27.2. The van der Waals surface area contributed by atoms with Gasteiger partial charge in [-0.2, -0.15) is 0 Å². The molecule has 0 saturated heterocycles. The van der Waals surface area contributed by atoms with E-state index in [1.54, 1.807) is 31.2 Å². The Kier molecular flexibility index (Phi) is 5.29. The van der Waals surface area contributed by atoms with Crippen LogP contribution in [-0.2, 0) is 14.8 Å². The van der Waals surface area contributed by atoms with Crippen molar-refractivity contribution in [2.45, 2.75) is 31.2 Å². The van der Waals surface area contributed by atoms with Gasteiger partial charge in [-0.25, -0.2) is 13.1 Å². The fraction of sp³-hybridized carbons (Fsp3) is 0.263. The zero-order valence-electron chi connectivity index (χ0n) is 15.1. The zero-order valence-corrected chi connectivity index (χ0v) is 15.9. The molecule has 1 heterocycles. The smallest absolute Gasteiger partial charge is 0.258 e. The van der Waals surface area contributed by atoms with Gasteiger partial charge < -0.3 is 5.32 Å². The van der Waals surface area contributed by atoms with Crippen LogP contribution in [0, 0.1) is 0 Å². The number of nitrogens with one attached hydrogen (secondary N) is 2. The second-order valence-electron chi connectivity index (χ2n) is 6.41. The number of nitrogens with zero attached hydrogens (tertiary/aromatic N) is 1. The Bertz CT molecular complexity index is 971. The number of para-hydroxylation sites is 2. The zero-order chi connectivity index (χ0) is 19.6. The van der Waals surface area contributed by atoms with E-state index in [0.717, 1.165) is 0 Å². The van der Waals surface area contributed by atoms with Crippen LogP contribution in [0.3, 0.4) is 0 Å². The minimum absolute atomic E-state index is 0.0918. The quantitative estimate of drug-likeness (QED) is 0.823. The average molecular weight is 387 g/mol. The summed E-state index contributed by atoms with van der Waals surface area (Å²) in [5.74, 6) is -0.643. The summed E-state index contributed by atoms with van der Waals surface area (Å²) in [5, 5.41) is 2.73. The van der Waals surface area contributed by atoms with E-state index in [9.17, 15) is 18.0 Å². The van der Waals surface area contributed by atoms with Crippen LogP contribution in [0.15, 0.2) is 53.4 Å². The van der Waals surface area contributed by atoms with Gasteiger partial charge >= 0.3 is 0 Å². The second-order valence-corrected chi connectivity index (χ2v) is 8.13. The van der Waals surface area contributed by atoms with Crippen LogP contribution in [-0.4, -0.2) is 32.8 Å². The summed E-state index contributed by atoms with van der Waals surface area (Å²) in [6, 6.07) is 12.6. The van der Waals surface area contributed by atoms with E-state index in [1.807, 2.05) is 6.92 Å². The average Bonchev–Trinajstić information content (AvgIpc) is 2.66. The minimum Gasteiger partial charge on any atom is -0.323 e. The van der Waals surface area contributed by atoms with Gasteiger partial charge in [0.1, 0.15) is 6.54 Å². The van der Waals surface area contributed by atoms with Crippen LogP contribution in [0.1, 0.15) is 30.6 Å². The van der Waals surface area contributed by atoms with Crippen molar-refractivity contribution < 1.29 is 18.0 Å². The second kappa shape index (κ2) is 7.50. The third-order valence-electron chi connectivity index (χ3n) is 4.40. The first-order valence-electron chi connectivity index (χ1n) is 8.65. The maximum absolute atomic E-state index is 12.9. The number of rotatable bonds is 5. The van der Waals surface area contributed by atoms with Gasteiger partial charge in [-0.1, -0.05) is 19.1 Å². The highest BCUT2D eigenvalue weighted by molar-refractivity contribution is 7.89. The fourth-order valence-corrected chi connectivity index (χ4v) is 4.09. The summed E-state index contributed by atoms with van der Waals surface area (Å²) in [7, 11) is -3.64. The molecule has 7 nitrogen and oxygen atoms in total. The molecule has 0 fully saturated rings. The number of carbonyl (C=O) groups excluding carboxylic acids is 2. The Labute approximate surface area is 158 Å². The molecule has 2 amide bonds. The van der Waals surface area contributed by atoms with Crippen molar-refractivity contribution in [2.24, 2.45) is 0 Å². The number of sulfonamides is 1. The van der Waals surface area contributed by atoms with Crippen molar-refractivity contribution in [3.63, 3.8) is 0 Å². The van der Waals surface area contributed by atoms with Crippen LogP contribution in [0.5, 0.6) is 0 Å². The van der Waals surface area contributed by atoms with Gasteiger partial charge in [-0.3, -0.25) is 14.5 Å². The van der Waals surface area contributed by atoms with Gasteiger partial charge in [0.25, 0.3) is 5.91 Å². The summed E-state index contributed by atoms with van der Waals surface area (Å²) in [4.78, 5) is 26.2. The molecule has 0 radical (unpaired) electrons. The minimum atomic E-state index is -3.64. The van der Waals surface area contributed by atoms with Crippen LogP contribution < -0.4 is 14.9 Å². The van der Waals surface area contributed by atoms with Crippen molar-refractivity contribution in [2.75, 3.05) is 16.8 Å². The lowest BCUT2D eigenvalue weighted by molar-refractivity contribution is -0.115. The van der Waals surface area contributed by atoms with E-state index in [2.05, 4.69) is 10.0 Å². The largest absolute Gasteiger partial charge is 0.323 e. The number of anilines is 2. The topological polar surface area (TPSA) is 95.6 Å². The van der Waals surface area contributed by atoms with Gasteiger partial charge in [0.15, 0.2) is 0 Å². The summed E-state index contributed by atoms with van der Waals surface area (Å²) in [5.41, 5.74) is 1.48. The molecule has 2 N–H and O–H groups in total. The highest BCUT2D eigenvalue weighted by Crippen LogP contribution is 2.30. The van der Waals surface area contributed by atoms with Crippen LogP contribution in [0.25, 0.3) is 0 Å². The van der Waals surface area contributed by atoms with Gasteiger partial charge in [-0.15, -0.1) is 0 Å². The number of hydrogen-bond acceptors (Lipinski definition) is 4. The monoisotopic (exact) mass is 387 g/mol. The molecule has 0 saturated carbocycles. The standard InChI is InChI=1S/C19H21N3O4S/c1-3-13(2)21-27(25,26)15-10-8-14(9-11-15)19(24)22-12-18(23)20-16-6-4-5-7-17(16)22/h4-11,13,21H,3,12H2,1-2H3,(H,20,23). The summed E-state index contributed by atoms with van der Waals surface area (Å²) in [6.45, 7) is 3.58. The molecular formula is C19H21N3O4S. The molecule has 1 atom stereocenters. The Hall–Kier alpha value is -2.71. The van der Waals surface area contributed by atoms with E-state index in [-0.39, 0.29) is 29.3 Å². The lowest BCUT2D eigenvalue weighted by Crippen LogP contribution is -2.42. The molecule has 0 aromatic heterocycles. The van der Waals surface area contributed by atoms with Crippen LogP contribution in [0.4, 0.5) is 11.4 Å². The van der Waals surface area contributed by atoms with E-state index in [4.69, 9.17) is 0 Å². The SMILES string of the molecule is CCC(C)NS(=O)(=O)c1ccc(C(=O)N2CC(=O)Nc3ccccc32)cc1.